The Morgan fingerprint density at radius 2 is 2.00 bits per heavy atom. The van der Waals surface area contributed by atoms with Gasteiger partial charge in [-0.15, -0.1) is 0 Å². The van der Waals surface area contributed by atoms with Gasteiger partial charge in [0.25, 0.3) is 5.91 Å². The summed E-state index contributed by atoms with van der Waals surface area (Å²) < 4.78 is 6.12. The van der Waals surface area contributed by atoms with Crippen molar-refractivity contribution < 1.29 is 19.4 Å². The molecule has 0 radical (unpaired) electrons. The second-order valence-electron chi connectivity index (χ2n) is 8.19. The van der Waals surface area contributed by atoms with E-state index in [1.165, 1.54) is 0 Å². The Labute approximate surface area is 173 Å². The molecule has 0 aromatic carbocycles. The summed E-state index contributed by atoms with van der Waals surface area (Å²) in [5.74, 6) is 1.06. The molecule has 8 nitrogen and oxygen atoms in total. The van der Waals surface area contributed by atoms with E-state index < -0.39 is 11.6 Å². The zero-order valence-electron chi connectivity index (χ0n) is 16.5. The topological polar surface area (TPSA) is 86.2 Å². The number of pyridine rings is 1. The van der Waals surface area contributed by atoms with E-state index in [0.717, 1.165) is 25.9 Å². The number of carbonyl (C=O) groups excluding carboxylic acids is 1. The summed E-state index contributed by atoms with van der Waals surface area (Å²) >= 11 is 3.35. The number of likely N-dealkylation sites (tertiary alicyclic amines) is 1. The summed E-state index contributed by atoms with van der Waals surface area (Å²) in [6, 6.07) is 3.63. The van der Waals surface area contributed by atoms with Crippen molar-refractivity contribution in [2.75, 3.05) is 37.7 Å². The minimum absolute atomic E-state index is 0.0251. The molecule has 1 fully saturated rings. The van der Waals surface area contributed by atoms with Crippen molar-refractivity contribution in [1.82, 2.24) is 14.8 Å². The first-order chi connectivity index (χ1) is 13.2. The summed E-state index contributed by atoms with van der Waals surface area (Å²) in [7, 11) is 0. The van der Waals surface area contributed by atoms with Gasteiger partial charge in [-0.2, -0.15) is 0 Å². The van der Waals surface area contributed by atoms with Crippen LogP contribution in [0.4, 0.5) is 10.6 Å². The Balaban J connectivity index is 1.58. The highest BCUT2D eigenvalue weighted by Gasteiger charge is 2.35. The number of hydrogen-bond donors (Lipinski definition) is 1. The summed E-state index contributed by atoms with van der Waals surface area (Å²) in [5.41, 5.74) is -0.415. The molecule has 2 aliphatic heterocycles. The lowest BCUT2D eigenvalue weighted by molar-refractivity contribution is -0.121. The first kappa shape index (κ1) is 20.9. The maximum absolute atomic E-state index is 12.3. The fraction of sp³-hybridized carbons (Fsp3) is 0.632. The molecule has 1 saturated heterocycles. The van der Waals surface area contributed by atoms with Crippen molar-refractivity contribution in [3.8, 4) is 5.75 Å². The molecule has 154 valence electrons. The summed E-state index contributed by atoms with van der Waals surface area (Å²) in [4.78, 5) is 33.9. The molecule has 3 rings (SSSR count). The third kappa shape index (κ3) is 4.57. The van der Waals surface area contributed by atoms with Crippen LogP contribution in [0.3, 0.4) is 0 Å². The standard InChI is InChI=1S/C19H27BrN4O4/c1-19(2,3)24(18(26)27)13-6-8-22(9-7-13)10-11-23-16(25)12-28-14-4-5-15(20)21-17(14)23/h4-5,13H,6-12H2,1-3H3,(H,26,27). The molecule has 0 aliphatic carbocycles. The maximum Gasteiger partial charge on any atom is 0.407 e. The Kier molecular flexibility index (Phi) is 6.14. The van der Waals surface area contributed by atoms with Gasteiger partial charge in [0, 0.05) is 37.8 Å². The lowest BCUT2D eigenvalue weighted by Gasteiger charge is -2.43. The van der Waals surface area contributed by atoms with Crippen LogP contribution in [0.25, 0.3) is 0 Å². The number of ether oxygens (including phenoxy) is 1. The number of amides is 2. The largest absolute Gasteiger partial charge is 0.480 e. The zero-order chi connectivity index (χ0) is 20.5. The molecule has 0 spiro atoms. The molecule has 28 heavy (non-hydrogen) atoms. The quantitative estimate of drug-likeness (QED) is 0.703. The summed E-state index contributed by atoms with van der Waals surface area (Å²) in [6.45, 7) is 8.68. The highest BCUT2D eigenvalue weighted by Crippen LogP contribution is 2.31. The van der Waals surface area contributed by atoms with Crippen LogP contribution in [0, 0.1) is 0 Å². The van der Waals surface area contributed by atoms with Crippen molar-refractivity contribution >= 4 is 33.7 Å². The first-order valence-corrected chi connectivity index (χ1v) is 10.3. The zero-order valence-corrected chi connectivity index (χ0v) is 18.1. The molecule has 9 heteroatoms. The van der Waals surface area contributed by atoms with Gasteiger partial charge in [-0.05, 0) is 61.7 Å². The van der Waals surface area contributed by atoms with Crippen LogP contribution in [0.5, 0.6) is 5.75 Å². The fourth-order valence-corrected chi connectivity index (χ4v) is 4.22. The fourth-order valence-electron chi connectivity index (χ4n) is 3.92. The highest BCUT2D eigenvalue weighted by molar-refractivity contribution is 9.10. The molecule has 1 aromatic rings. The number of anilines is 1. The lowest BCUT2D eigenvalue weighted by Crippen LogP contribution is -2.55. The summed E-state index contributed by atoms with van der Waals surface area (Å²) in [6.07, 6.45) is 0.722. The third-order valence-electron chi connectivity index (χ3n) is 5.20. The SMILES string of the molecule is CC(C)(C)N(C(=O)O)C1CCN(CCN2C(=O)COc3ccc(Br)nc32)CC1. The van der Waals surface area contributed by atoms with E-state index in [2.05, 4.69) is 25.8 Å². The first-order valence-electron chi connectivity index (χ1n) is 9.51. The predicted octanol–water partition coefficient (Wildman–Crippen LogP) is 2.81. The molecule has 1 N–H and O–H groups in total. The average Bonchev–Trinajstić information content (AvgIpc) is 2.60. The normalized spacial score (nSPS) is 18.6. The number of piperidine rings is 1. The number of fused-ring (bicyclic) bond motifs is 1. The van der Waals surface area contributed by atoms with Gasteiger partial charge in [0.2, 0.25) is 0 Å². The average molecular weight is 455 g/mol. The van der Waals surface area contributed by atoms with Crippen molar-refractivity contribution in [3.05, 3.63) is 16.7 Å². The highest BCUT2D eigenvalue weighted by atomic mass is 79.9. The Morgan fingerprint density at radius 3 is 2.61 bits per heavy atom. The molecule has 0 saturated carbocycles. The lowest BCUT2D eigenvalue weighted by atomic mass is 9.97. The van der Waals surface area contributed by atoms with Crippen LogP contribution in [0.2, 0.25) is 0 Å². The minimum atomic E-state index is -0.863. The monoisotopic (exact) mass is 454 g/mol. The van der Waals surface area contributed by atoms with E-state index >= 15 is 0 Å². The van der Waals surface area contributed by atoms with Gasteiger partial charge in [0.1, 0.15) is 4.60 Å². The van der Waals surface area contributed by atoms with E-state index in [1.54, 1.807) is 15.9 Å². The number of halogens is 1. The molecule has 0 atom stereocenters. The number of nitrogens with zero attached hydrogens (tertiary/aromatic N) is 4. The Bertz CT molecular complexity index is 744. The van der Waals surface area contributed by atoms with Crippen LogP contribution in [-0.4, -0.2) is 76.3 Å². The number of hydrogen-bond acceptors (Lipinski definition) is 5. The van der Waals surface area contributed by atoms with Crippen LogP contribution in [-0.2, 0) is 4.79 Å². The third-order valence-corrected chi connectivity index (χ3v) is 5.65. The molecular weight excluding hydrogens is 428 g/mol. The predicted molar refractivity (Wildman–Crippen MR) is 109 cm³/mol. The van der Waals surface area contributed by atoms with Crippen LogP contribution in [0.1, 0.15) is 33.6 Å². The van der Waals surface area contributed by atoms with Gasteiger partial charge in [0.15, 0.2) is 18.2 Å². The molecule has 2 aliphatic rings. The van der Waals surface area contributed by atoms with Crippen molar-refractivity contribution in [1.29, 1.82) is 0 Å². The molecule has 3 heterocycles. The van der Waals surface area contributed by atoms with Crippen LogP contribution in [0.15, 0.2) is 16.7 Å². The maximum atomic E-state index is 12.3. The van der Waals surface area contributed by atoms with Gasteiger partial charge in [-0.1, -0.05) is 0 Å². The summed E-state index contributed by atoms with van der Waals surface area (Å²) in [5, 5.41) is 9.59. The van der Waals surface area contributed by atoms with Gasteiger partial charge in [-0.25, -0.2) is 9.78 Å². The van der Waals surface area contributed by atoms with Crippen LogP contribution >= 0.6 is 15.9 Å². The smallest absolute Gasteiger partial charge is 0.407 e. The van der Waals surface area contributed by atoms with Gasteiger partial charge in [0.05, 0.1) is 0 Å². The molecule has 2 amide bonds. The van der Waals surface area contributed by atoms with Gasteiger partial charge < -0.3 is 19.6 Å². The molecule has 0 unspecified atom stereocenters. The second kappa shape index (κ2) is 8.24. The minimum Gasteiger partial charge on any atom is -0.480 e. The van der Waals surface area contributed by atoms with Gasteiger partial charge >= 0.3 is 6.09 Å². The molecular formula is C19H27BrN4O4. The van der Waals surface area contributed by atoms with E-state index in [0.29, 0.717) is 29.3 Å². The number of carbonyl (C=O) groups is 2. The number of rotatable bonds is 4. The Morgan fingerprint density at radius 1 is 1.32 bits per heavy atom. The molecule has 0 bridgehead atoms. The van der Waals surface area contributed by atoms with Crippen molar-refractivity contribution in [3.63, 3.8) is 0 Å². The van der Waals surface area contributed by atoms with Crippen LogP contribution < -0.4 is 9.64 Å². The Hall–Kier alpha value is -1.87. The van der Waals surface area contributed by atoms with Crippen molar-refractivity contribution in [2.45, 2.75) is 45.2 Å². The van der Waals surface area contributed by atoms with E-state index in [4.69, 9.17) is 4.74 Å². The number of aromatic nitrogens is 1. The van der Waals surface area contributed by atoms with E-state index in [1.807, 2.05) is 26.8 Å². The second-order valence-corrected chi connectivity index (χ2v) is 9.00. The van der Waals surface area contributed by atoms with Gasteiger partial charge in [-0.3, -0.25) is 9.69 Å². The number of carboxylic acid groups (broad SMARTS) is 1. The van der Waals surface area contributed by atoms with E-state index in [9.17, 15) is 14.7 Å². The molecule has 1 aromatic heterocycles. The van der Waals surface area contributed by atoms with E-state index in [-0.39, 0.29) is 18.6 Å². The van der Waals surface area contributed by atoms with Crippen molar-refractivity contribution in [2.24, 2.45) is 0 Å².